The number of rotatable bonds is 2. The number of hydrogen-bond acceptors (Lipinski definition) is 4. The molecule has 6 nitrogen and oxygen atoms in total. The summed E-state index contributed by atoms with van der Waals surface area (Å²) in [4.78, 5) is 12.0. The monoisotopic (exact) mass is 234 g/mol. The second-order valence-electron chi connectivity index (χ2n) is 3.85. The summed E-state index contributed by atoms with van der Waals surface area (Å²) in [6, 6.07) is 1.69. The van der Waals surface area contributed by atoms with Gasteiger partial charge in [0.15, 0.2) is 5.82 Å². The molecule has 0 atom stereocenters. The van der Waals surface area contributed by atoms with Gasteiger partial charge in [0.2, 0.25) is 0 Å². The van der Waals surface area contributed by atoms with Crippen molar-refractivity contribution in [3.8, 4) is 0 Å². The summed E-state index contributed by atoms with van der Waals surface area (Å²) >= 11 is 0. The van der Waals surface area contributed by atoms with E-state index in [2.05, 4.69) is 10.4 Å². The second kappa shape index (κ2) is 3.97. The zero-order valence-electron chi connectivity index (χ0n) is 9.94. The first kappa shape index (κ1) is 11.3. The fourth-order valence-electron chi connectivity index (χ4n) is 1.64. The Hall–Kier alpha value is -2.24. The van der Waals surface area contributed by atoms with Crippen molar-refractivity contribution in [2.24, 2.45) is 7.05 Å². The summed E-state index contributed by atoms with van der Waals surface area (Å²) in [6.07, 6.45) is 1.49. The maximum absolute atomic E-state index is 12.0. The molecule has 17 heavy (non-hydrogen) atoms. The zero-order valence-corrected chi connectivity index (χ0v) is 9.94. The van der Waals surface area contributed by atoms with E-state index in [1.54, 1.807) is 27.0 Å². The molecule has 0 unspecified atom stereocenters. The Balaban J connectivity index is 2.26. The van der Waals surface area contributed by atoms with Gasteiger partial charge >= 0.3 is 0 Å². The van der Waals surface area contributed by atoms with Gasteiger partial charge in [-0.25, -0.2) is 0 Å². The van der Waals surface area contributed by atoms with Crippen molar-refractivity contribution in [1.82, 2.24) is 9.78 Å². The molecular weight excluding hydrogens is 220 g/mol. The molecule has 6 heteroatoms. The van der Waals surface area contributed by atoms with Crippen LogP contribution < -0.4 is 11.1 Å². The van der Waals surface area contributed by atoms with Crippen LogP contribution in [0.3, 0.4) is 0 Å². The predicted octanol–water partition coefficient (Wildman–Crippen LogP) is 1.46. The van der Waals surface area contributed by atoms with Gasteiger partial charge in [0, 0.05) is 7.05 Å². The van der Waals surface area contributed by atoms with Crippen LogP contribution in [0, 0.1) is 13.8 Å². The minimum atomic E-state index is -0.255. The maximum atomic E-state index is 12.0. The van der Waals surface area contributed by atoms with Crippen molar-refractivity contribution in [2.75, 3.05) is 11.1 Å². The van der Waals surface area contributed by atoms with Gasteiger partial charge in [-0.05, 0) is 19.9 Å². The van der Waals surface area contributed by atoms with E-state index in [4.69, 9.17) is 10.2 Å². The molecule has 3 N–H and O–H groups in total. The third-order valence-electron chi connectivity index (χ3n) is 2.48. The van der Waals surface area contributed by atoms with Crippen molar-refractivity contribution >= 4 is 17.4 Å². The number of carbonyl (C=O) groups is 1. The lowest BCUT2D eigenvalue weighted by Crippen LogP contribution is -2.15. The fourth-order valence-corrected chi connectivity index (χ4v) is 1.64. The van der Waals surface area contributed by atoms with Crippen LogP contribution >= 0.6 is 0 Å². The first-order valence-corrected chi connectivity index (χ1v) is 5.15. The molecule has 90 valence electrons. The number of carbonyl (C=O) groups excluding carboxylic acids is 1. The highest BCUT2D eigenvalue weighted by molar-refractivity contribution is 6.05. The molecule has 0 radical (unpaired) electrons. The lowest BCUT2D eigenvalue weighted by atomic mass is 10.2. The molecule has 0 saturated heterocycles. The third kappa shape index (κ3) is 2.01. The van der Waals surface area contributed by atoms with Gasteiger partial charge in [0.05, 0.1) is 17.4 Å². The summed E-state index contributed by atoms with van der Waals surface area (Å²) in [5.41, 5.74) is 6.62. The quantitative estimate of drug-likeness (QED) is 0.823. The average molecular weight is 234 g/mol. The van der Waals surface area contributed by atoms with Crippen molar-refractivity contribution < 1.29 is 9.21 Å². The average Bonchev–Trinajstić information content (AvgIpc) is 2.74. The Morgan fingerprint density at radius 1 is 1.53 bits per heavy atom. The first-order chi connectivity index (χ1) is 7.99. The minimum absolute atomic E-state index is 0.255. The number of amides is 1. The topological polar surface area (TPSA) is 86.1 Å². The molecule has 0 aliphatic heterocycles. The SMILES string of the molecule is Cc1cc(C(=O)Nc2c(N)cnn2C)c(C)o1. The third-order valence-corrected chi connectivity index (χ3v) is 2.48. The Kier molecular flexibility index (Phi) is 2.63. The number of furan rings is 1. The molecular formula is C11H14N4O2. The van der Waals surface area contributed by atoms with Gasteiger partial charge in [0.1, 0.15) is 11.5 Å². The van der Waals surface area contributed by atoms with Gasteiger partial charge < -0.3 is 15.5 Å². The number of anilines is 2. The molecule has 2 heterocycles. The fraction of sp³-hybridized carbons (Fsp3) is 0.273. The second-order valence-corrected chi connectivity index (χ2v) is 3.85. The molecule has 1 amide bonds. The molecule has 0 aromatic carbocycles. The van der Waals surface area contributed by atoms with E-state index >= 15 is 0 Å². The molecule has 0 aliphatic rings. The number of nitrogens with one attached hydrogen (secondary N) is 1. The first-order valence-electron chi connectivity index (χ1n) is 5.15. The lowest BCUT2D eigenvalue weighted by molar-refractivity contribution is 0.102. The Labute approximate surface area is 98.4 Å². The van der Waals surface area contributed by atoms with Crippen LogP contribution in [0.25, 0.3) is 0 Å². The van der Waals surface area contributed by atoms with E-state index in [0.29, 0.717) is 28.6 Å². The molecule has 2 rings (SSSR count). The van der Waals surface area contributed by atoms with Gasteiger partial charge in [-0.15, -0.1) is 0 Å². The van der Waals surface area contributed by atoms with Crippen LogP contribution in [0.15, 0.2) is 16.7 Å². The molecule has 2 aromatic rings. The summed E-state index contributed by atoms with van der Waals surface area (Å²) in [6.45, 7) is 3.54. The van der Waals surface area contributed by atoms with Crippen LogP contribution in [0.5, 0.6) is 0 Å². The lowest BCUT2D eigenvalue weighted by Gasteiger charge is -2.05. The molecule has 0 fully saturated rings. The smallest absolute Gasteiger partial charge is 0.260 e. The standard InChI is InChI=1S/C11H14N4O2/c1-6-4-8(7(2)17-6)11(16)14-10-9(12)5-13-15(10)3/h4-5H,12H2,1-3H3,(H,14,16). The van der Waals surface area contributed by atoms with Crippen molar-refractivity contribution in [3.05, 3.63) is 29.3 Å². The van der Waals surface area contributed by atoms with Crippen LogP contribution in [0.4, 0.5) is 11.5 Å². The number of nitrogens with two attached hydrogens (primary N) is 1. The largest absolute Gasteiger partial charge is 0.466 e. The zero-order chi connectivity index (χ0) is 12.6. The van der Waals surface area contributed by atoms with Gasteiger partial charge in [-0.2, -0.15) is 5.10 Å². The highest BCUT2D eigenvalue weighted by atomic mass is 16.3. The predicted molar refractivity (Wildman–Crippen MR) is 63.8 cm³/mol. The molecule has 0 saturated carbocycles. The molecule has 2 aromatic heterocycles. The summed E-state index contributed by atoms with van der Waals surface area (Å²) in [7, 11) is 1.71. The van der Waals surface area contributed by atoms with Gasteiger partial charge in [0.25, 0.3) is 5.91 Å². The van der Waals surface area contributed by atoms with E-state index in [1.807, 2.05) is 0 Å². The van der Waals surface area contributed by atoms with E-state index in [0.717, 1.165) is 0 Å². The highest BCUT2D eigenvalue weighted by Gasteiger charge is 2.16. The van der Waals surface area contributed by atoms with Crippen LogP contribution in [-0.4, -0.2) is 15.7 Å². The van der Waals surface area contributed by atoms with Gasteiger partial charge in [-0.3, -0.25) is 9.48 Å². The number of aryl methyl sites for hydroxylation is 3. The summed E-state index contributed by atoms with van der Waals surface area (Å²) in [5, 5.41) is 6.65. The number of nitrogen functional groups attached to an aromatic ring is 1. The highest BCUT2D eigenvalue weighted by Crippen LogP contribution is 2.19. The normalized spacial score (nSPS) is 10.5. The van der Waals surface area contributed by atoms with Crippen LogP contribution in [-0.2, 0) is 7.05 Å². The van der Waals surface area contributed by atoms with Crippen LogP contribution in [0.1, 0.15) is 21.9 Å². The van der Waals surface area contributed by atoms with Crippen molar-refractivity contribution in [1.29, 1.82) is 0 Å². The van der Waals surface area contributed by atoms with Crippen molar-refractivity contribution in [3.63, 3.8) is 0 Å². The molecule has 0 bridgehead atoms. The van der Waals surface area contributed by atoms with E-state index in [1.165, 1.54) is 10.9 Å². The number of nitrogens with zero attached hydrogens (tertiary/aromatic N) is 2. The Morgan fingerprint density at radius 2 is 2.24 bits per heavy atom. The van der Waals surface area contributed by atoms with E-state index in [9.17, 15) is 4.79 Å². The molecule has 0 aliphatic carbocycles. The summed E-state index contributed by atoms with van der Waals surface area (Å²) in [5.74, 6) is 1.51. The van der Waals surface area contributed by atoms with Crippen LogP contribution in [0.2, 0.25) is 0 Å². The van der Waals surface area contributed by atoms with Crippen molar-refractivity contribution in [2.45, 2.75) is 13.8 Å². The van der Waals surface area contributed by atoms with E-state index in [-0.39, 0.29) is 5.91 Å². The Morgan fingerprint density at radius 3 is 2.71 bits per heavy atom. The number of hydrogen-bond donors (Lipinski definition) is 2. The minimum Gasteiger partial charge on any atom is -0.466 e. The Bertz CT molecular complexity index is 549. The van der Waals surface area contributed by atoms with Gasteiger partial charge in [-0.1, -0.05) is 0 Å². The molecule has 0 spiro atoms. The van der Waals surface area contributed by atoms with E-state index < -0.39 is 0 Å². The number of aromatic nitrogens is 2. The maximum Gasteiger partial charge on any atom is 0.260 e. The summed E-state index contributed by atoms with van der Waals surface area (Å²) < 4.78 is 6.81.